The molecule has 26 heavy (non-hydrogen) atoms. The number of rotatable bonds is 3. The highest BCUT2D eigenvalue weighted by Gasteiger charge is 2.32. The van der Waals surface area contributed by atoms with E-state index in [4.69, 9.17) is 0 Å². The van der Waals surface area contributed by atoms with Crippen LogP contribution in [0.25, 0.3) is 16.8 Å². The standard InChI is InChI=1S/C24H26N2/c1-17-22(15-11-18-9-13-20(14-10-18)25(2)3)26(4)23-16-12-19-7-5-6-8-21(19)24(17)23/h5-17,22H,1-4H3. The molecule has 0 fully saturated rings. The summed E-state index contributed by atoms with van der Waals surface area (Å²) in [6, 6.07) is 22.3. The maximum Gasteiger partial charge on any atom is 0.0540 e. The van der Waals surface area contributed by atoms with E-state index in [-0.39, 0.29) is 0 Å². The van der Waals surface area contributed by atoms with Crippen molar-refractivity contribution in [2.24, 2.45) is 0 Å². The molecule has 0 spiro atoms. The molecule has 2 heteroatoms. The van der Waals surface area contributed by atoms with Crippen LogP contribution in [0.4, 0.5) is 11.4 Å². The lowest BCUT2D eigenvalue weighted by Gasteiger charge is -2.22. The van der Waals surface area contributed by atoms with Gasteiger partial charge in [0.05, 0.1) is 6.04 Å². The molecule has 0 bridgehead atoms. The fraction of sp³-hybridized carbons (Fsp3) is 0.250. The van der Waals surface area contributed by atoms with Gasteiger partial charge in [-0.3, -0.25) is 0 Å². The Morgan fingerprint density at radius 1 is 0.923 bits per heavy atom. The third kappa shape index (κ3) is 2.76. The van der Waals surface area contributed by atoms with Crippen LogP contribution in [0.15, 0.2) is 66.7 Å². The molecule has 3 aromatic carbocycles. The molecule has 1 aliphatic heterocycles. The Bertz CT molecular complexity index is 954. The number of nitrogens with zero attached hydrogens (tertiary/aromatic N) is 2. The first-order valence-electron chi connectivity index (χ1n) is 9.26. The topological polar surface area (TPSA) is 6.48 Å². The Balaban J connectivity index is 1.64. The fourth-order valence-corrected chi connectivity index (χ4v) is 4.13. The zero-order valence-electron chi connectivity index (χ0n) is 16.0. The molecule has 0 saturated carbocycles. The molecule has 1 heterocycles. The summed E-state index contributed by atoms with van der Waals surface area (Å²) in [5, 5.41) is 2.71. The zero-order chi connectivity index (χ0) is 18.3. The van der Waals surface area contributed by atoms with Crippen LogP contribution < -0.4 is 9.80 Å². The molecule has 0 N–H and O–H groups in total. The summed E-state index contributed by atoms with van der Waals surface area (Å²) in [6.45, 7) is 2.35. The Kier molecular flexibility index (Phi) is 4.20. The predicted molar refractivity (Wildman–Crippen MR) is 114 cm³/mol. The smallest absolute Gasteiger partial charge is 0.0540 e. The zero-order valence-corrected chi connectivity index (χ0v) is 16.0. The van der Waals surface area contributed by atoms with Crippen molar-refractivity contribution in [3.8, 4) is 0 Å². The Morgan fingerprint density at radius 3 is 2.38 bits per heavy atom. The average molecular weight is 342 g/mol. The number of anilines is 2. The normalized spacial score (nSPS) is 19.3. The molecule has 3 aromatic rings. The van der Waals surface area contributed by atoms with Gasteiger partial charge < -0.3 is 9.80 Å². The van der Waals surface area contributed by atoms with Crippen molar-refractivity contribution >= 4 is 28.2 Å². The largest absolute Gasteiger partial charge is 0.378 e. The van der Waals surface area contributed by atoms with Crippen molar-refractivity contribution < 1.29 is 0 Å². The molecule has 0 radical (unpaired) electrons. The van der Waals surface area contributed by atoms with Gasteiger partial charge in [-0.1, -0.05) is 61.5 Å². The van der Waals surface area contributed by atoms with E-state index in [9.17, 15) is 0 Å². The predicted octanol–water partition coefficient (Wildman–Crippen LogP) is 5.54. The lowest BCUT2D eigenvalue weighted by atomic mass is 9.92. The first-order chi connectivity index (χ1) is 12.6. The van der Waals surface area contributed by atoms with E-state index in [1.54, 1.807) is 0 Å². The van der Waals surface area contributed by atoms with Gasteiger partial charge in [-0.2, -0.15) is 0 Å². The van der Waals surface area contributed by atoms with Crippen LogP contribution in [-0.2, 0) is 0 Å². The molecule has 2 unspecified atom stereocenters. The number of likely N-dealkylation sites (N-methyl/N-ethyl adjacent to an activating group) is 1. The summed E-state index contributed by atoms with van der Waals surface area (Å²) < 4.78 is 0. The monoisotopic (exact) mass is 342 g/mol. The van der Waals surface area contributed by atoms with Gasteiger partial charge in [-0.25, -0.2) is 0 Å². The summed E-state index contributed by atoms with van der Waals surface area (Å²) in [4.78, 5) is 4.54. The van der Waals surface area contributed by atoms with E-state index in [0.29, 0.717) is 12.0 Å². The van der Waals surface area contributed by atoms with E-state index < -0.39 is 0 Å². The molecular weight excluding hydrogens is 316 g/mol. The number of fused-ring (bicyclic) bond motifs is 3. The molecule has 0 amide bonds. The van der Waals surface area contributed by atoms with Crippen LogP contribution in [0.1, 0.15) is 24.0 Å². The van der Waals surface area contributed by atoms with Gasteiger partial charge in [0.15, 0.2) is 0 Å². The highest BCUT2D eigenvalue weighted by molar-refractivity contribution is 5.92. The molecular formula is C24H26N2. The van der Waals surface area contributed by atoms with Gasteiger partial charge in [-0.15, -0.1) is 0 Å². The Morgan fingerprint density at radius 2 is 1.65 bits per heavy atom. The minimum atomic E-state index is 0.379. The van der Waals surface area contributed by atoms with Gasteiger partial charge in [0, 0.05) is 38.4 Å². The van der Waals surface area contributed by atoms with Crippen molar-refractivity contribution in [3.63, 3.8) is 0 Å². The summed E-state index contributed by atoms with van der Waals surface area (Å²) in [7, 11) is 6.35. The average Bonchev–Trinajstić information content (AvgIpc) is 2.91. The van der Waals surface area contributed by atoms with Gasteiger partial charge >= 0.3 is 0 Å². The molecule has 4 rings (SSSR count). The van der Waals surface area contributed by atoms with Crippen LogP contribution in [0, 0.1) is 0 Å². The number of hydrogen-bond donors (Lipinski definition) is 0. The minimum absolute atomic E-state index is 0.379. The lowest BCUT2D eigenvalue weighted by Crippen LogP contribution is -2.27. The fourth-order valence-electron chi connectivity index (χ4n) is 4.13. The van der Waals surface area contributed by atoms with Gasteiger partial charge in [0.2, 0.25) is 0 Å². The van der Waals surface area contributed by atoms with Crippen LogP contribution >= 0.6 is 0 Å². The molecule has 0 aliphatic carbocycles. The molecule has 132 valence electrons. The maximum atomic E-state index is 2.41. The highest BCUT2D eigenvalue weighted by Crippen LogP contribution is 2.44. The molecule has 0 saturated heterocycles. The van der Waals surface area contributed by atoms with E-state index in [2.05, 4.69) is 111 Å². The van der Waals surface area contributed by atoms with E-state index in [1.165, 1.54) is 33.3 Å². The second-order valence-electron chi connectivity index (χ2n) is 7.45. The first kappa shape index (κ1) is 16.7. The molecule has 2 atom stereocenters. The van der Waals surface area contributed by atoms with Gasteiger partial charge in [0.25, 0.3) is 0 Å². The van der Waals surface area contributed by atoms with Crippen LogP contribution in [-0.4, -0.2) is 27.2 Å². The summed E-state index contributed by atoms with van der Waals surface area (Å²) in [6.07, 6.45) is 4.61. The first-order valence-corrected chi connectivity index (χ1v) is 9.26. The van der Waals surface area contributed by atoms with E-state index in [1.807, 2.05) is 0 Å². The van der Waals surface area contributed by atoms with Crippen molar-refractivity contribution in [2.75, 3.05) is 30.9 Å². The molecule has 2 nitrogen and oxygen atoms in total. The van der Waals surface area contributed by atoms with E-state index >= 15 is 0 Å². The highest BCUT2D eigenvalue weighted by atomic mass is 15.2. The van der Waals surface area contributed by atoms with Crippen molar-refractivity contribution in [3.05, 3.63) is 77.9 Å². The van der Waals surface area contributed by atoms with Crippen LogP contribution in [0.3, 0.4) is 0 Å². The van der Waals surface area contributed by atoms with Crippen molar-refractivity contribution in [2.45, 2.75) is 18.9 Å². The van der Waals surface area contributed by atoms with E-state index in [0.717, 1.165) is 0 Å². The SMILES string of the molecule is CC1c2c(ccc3ccccc23)N(C)C1C=Cc1ccc(N(C)C)cc1. The second-order valence-corrected chi connectivity index (χ2v) is 7.45. The van der Waals surface area contributed by atoms with Crippen molar-refractivity contribution in [1.82, 2.24) is 0 Å². The van der Waals surface area contributed by atoms with Gasteiger partial charge in [-0.05, 0) is 40.1 Å². The van der Waals surface area contributed by atoms with Crippen LogP contribution in [0.2, 0.25) is 0 Å². The van der Waals surface area contributed by atoms with Gasteiger partial charge in [0.1, 0.15) is 0 Å². The molecule has 1 aliphatic rings. The second kappa shape index (κ2) is 6.53. The lowest BCUT2D eigenvalue weighted by molar-refractivity contribution is 0.684. The summed E-state index contributed by atoms with van der Waals surface area (Å²) >= 11 is 0. The Hall–Kier alpha value is -2.74. The van der Waals surface area contributed by atoms with Crippen molar-refractivity contribution in [1.29, 1.82) is 0 Å². The summed E-state index contributed by atoms with van der Waals surface area (Å²) in [5.74, 6) is 0.471. The number of benzene rings is 3. The van der Waals surface area contributed by atoms with Crippen LogP contribution in [0.5, 0.6) is 0 Å². The summed E-state index contributed by atoms with van der Waals surface area (Å²) in [5.41, 5.74) is 5.31. The minimum Gasteiger partial charge on any atom is -0.378 e. The third-order valence-corrected chi connectivity index (χ3v) is 5.64. The molecule has 0 aromatic heterocycles. The Labute approximate surface area is 156 Å². The quantitative estimate of drug-likeness (QED) is 0.616. The number of hydrogen-bond acceptors (Lipinski definition) is 2. The maximum absolute atomic E-state index is 2.41. The third-order valence-electron chi connectivity index (χ3n) is 5.64.